The van der Waals surface area contributed by atoms with E-state index >= 15 is 0 Å². The highest BCUT2D eigenvalue weighted by Crippen LogP contribution is 2.45. The number of nitrogens with one attached hydrogen (secondary N) is 1. The van der Waals surface area contributed by atoms with Crippen LogP contribution in [0.1, 0.15) is 48.5 Å². The van der Waals surface area contributed by atoms with Crippen molar-refractivity contribution in [3.8, 4) is 5.75 Å². The van der Waals surface area contributed by atoms with Crippen molar-refractivity contribution in [1.82, 2.24) is 10.4 Å². The minimum Gasteiger partial charge on any atom is -0.494 e. The number of benzene rings is 3. The van der Waals surface area contributed by atoms with E-state index in [1.54, 1.807) is 12.1 Å². The van der Waals surface area contributed by atoms with Gasteiger partial charge in [-0.25, -0.2) is 10.0 Å². The van der Waals surface area contributed by atoms with E-state index in [-0.39, 0.29) is 18.9 Å². The molecule has 1 amide bonds. The number of aliphatic imine (C=N–C) groups is 1. The number of carbonyl (C=O) groups is 1. The Morgan fingerprint density at radius 1 is 1.07 bits per heavy atom. The van der Waals surface area contributed by atoms with Crippen LogP contribution in [0.2, 0.25) is 0 Å². The summed E-state index contributed by atoms with van der Waals surface area (Å²) in [5, 5.41) is 14.9. The minimum absolute atomic E-state index is 0.0599. The smallest absolute Gasteiger partial charge is 0.266 e. The molecule has 0 aliphatic carbocycles. The number of aliphatic hydroxyl groups excluding tert-OH is 1. The zero-order chi connectivity index (χ0) is 28.5. The molecular weight excluding hydrogens is 520 g/mol. The summed E-state index contributed by atoms with van der Waals surface area (Å²) in [6.07, 6.45) is 3.10. The monoisotopic (exact) mass is 554 g/mol. The zero-order valence-corrected chi connectivity index (χ0v) is 22.9. The summed E-state index contributed by atoms with van der Waals surface area (Å²) in [7, 11) is 0. The van der Waals surface area contributed by atoms with Gasteiger partial charge in [-0.15, -0.1) is 0 Å². The number of hydrogen-bond acceptors (Lipinski definition) is 7. The van der Waals surface area contributed by atoms with E-state index in [1.165, 1.54) is 0 Å². The predicted molar refractivity (Wildman–Crippen MR) is 156 cm³/mol. The molecular formula is C31H34N6O4. The molecule has 2 N–H and O–H groups in total. The maximum Gasteiger partial charge on any atom is 0.266 e. The van der Waals surface area contributed by atoms with Gasteiger partial charge in [0.1, 0.15) is 5.75 Å². The summed E-state index contributed by atoms with van der Waals surface area (Å²) in [4.78, 5) is 22.5. The SMILES string of the molecule is [N-]=[N+]=Nc1ccccc1[C@@H]1OC(c2ccc(OCCCO)cc2)=N[C@]1(Cc1ccccc1)C(=O)NN1CCCCC1. The van der Waals surface area contributed by atoms with Crippen LogP contribution in [0.25, 0.3) is 10.4 Å². The standard InChI is InChI=1S/C31H34N6O4/c32-36-34-27-13-6-5-12-26(27)28-31(22-23-10-3-1-4-11-23,30(39)35-37-18-7-2-8-19-37)33-29(41-28)24-14-16-25(17-15-24)40-21-9-20-38/h1,3-6,10-17,28,38H,2,7-9,18-22H2,(H,35,39)/t28-,31-/m0/s1. The minimum atomic E-state index is -1.38. The molecule has 1 fully saturated rings. The predicted octanol–water partition coefficient (Wildman–Crippen LogP) is 5.41. The molecule has 0 spiro atoms. The van der Waals surface area contributed by atoms with Crippen molar-refractivity contribution in [2.24, 2.45) is 10.1 Å². The summed E-state index contributed by atoms with van der Waals surface area (Å²) in [5.41, 5.74) is 13.6. The number of rotatable bonds is 11. The van der Waals surface area contributed by atoms with Gasteiger partial charge < -0.3 is 14.6 Å². The van der Waals surface area contributed by atoms with Crippen molar-refractivity contribution >= 4 is 17.5 Å². The summed E-state index contributed by atoms with van der Waals surface area (Å²) >= 11 is 0. The van der Waals surface area contributed by atoms with Gasteiger partial charge in [0.05, 0.1) is 6.61 Å². The van der Waals surface area contributed by atoms with Crippen LogP contribution in [0.5, 0.6) is 5.75 Å². The van der Waals surface area contributed by atoms with E-state index in [1.807, 2.05) is 71.7 Å². The van der Waals surface area contributed by atoms with Crippen molar-refractivity contribution in [3.05, 3.63) is 106 Å². The van der Waals surface area contributed by atoms with Crippen LogP contribution in [-0.4, -0.2) is 53.8 Å². The Bertz CT molecular complexity index is 1400. The van der Waals surface area contributed by atoms with Crippen LogP contribution in [0.4, 0.5) is 5.69 Å². The first-order valence-electron chi connectivity index (χ1n) is 14.0. The summed E-state index contributed by atoms with van der Waals surface area (Å²) < 4.78 is 12.3. The van der Waals surface area contributed by atoms with E-state index in [0.717, 1.165) is 37.9 Å². The van der Waals surface area contributed by atoms with Gasteiger partial charge in [-0.3, -0.25) is 10.2 Å². The highest BCUT2D eigenvalue weighted by molar-refractivity contribution is 6.01. The normalized spacial score (nSPS) is 20.4. The van der Waals surface area contributed by atoms with Gasteiger partial charge in [0.2, 0.25) is 5.90 Å². The molecule has 2 aliphatic rings. The highest BCUT2D eigenvalue weighted by atomic mass is 16.5. The Morgan fingerprint density at radius 2 is 1.80 bits per heavy atom. The van der Waals surface area contributed by atoms with E-state index < -0.39 is 11.6 Å². The van der Waals surface area contributed by atoms with Gasteiger partial charge in [-0.05, 0) is 48.2 Å². The summed E-state index contributed by atoms with van der Waals surface area (Å²) in [5.74, 6) is 0.699. The summed E-state index contributed by atoms with van der Waals surface area (Å²) in [6, 6.07) is 24.2. The lowest BCUT2D eigenvalue weighted by molar-refractivity contribution is -0.134. The van der Waals surface area contributed by atoms with E-state index in [4.69, 9.17) is 19.6 Å². The maximum atomic E-state index is 14.4. The van der Waals surface area contributed by atoms with Crippen LogP contribution in [0.15, 0.2) is 89.0 Å². The fraction of sp³-hybridized carbons (Fsp3) is 0.355. The number of piperidine rings is 1. The van der Waals surface area contributed by atoms with Gasteiger partial charge in [0.15, 0.2) is 11.6 Å². The number of ether oxygens (including phenoxy) is 2. The second kappa shape index (κ2) is 13.3. The Balaban J connectivity index is 1.59. The molecule has 41 heavy (non-hydrogen) atoms. The summed E-state index contributed by atoms with van der Waals surface area (Å²) in [6.45, 7) is 2.00. The molecule has 2 heterocycles. The quantitative estimate of drug-likeness (QED) is 0.142. The van der Waals surface area contributed by atoms with Crippen LogP contribution < -0.4 is 10.2 Å². The molecule has 0 unspecified atom stereocenters. The molecule has 0 bridgehead atoms. The van der Waals surface area contributed by atoms with Crippen LogP contribution in [0, 0.1) is 0 Å². The molecule has 0 radical (unpaired) electrons. The average molecular weight is 555 g/mol. The second-order valence-electron chi connectivity index (χ2n) is 10.2. The van der Waals surface area contributed by atoms with E-state index in [9.17, 15) is 10.3 Å². The average Bonchev–Trinajstić information content (AvgIpc) is 3.39. The lowest BCUT2D eigenvalue weighted by atomic mass is 9.81. The molecule has 2 aliphatic heterocycles. The van der Waals surface area contributed by atoms with E-state index in [0.29, 0.717) is 41.5 Å². The van der Waals surface area contributed by atoms with Crippen molar-refractivity contribution in [2.45, 2.75) is 43.7 Å². The second-order valence-corrected chi connectivity index (χ2v) is 10.2. The van der Waals surface area contributed by atoms with Gasteiger partial charge in [-0.2, -0.15) is 0 Å². The number of carbonyl (C=O) groups excluding carboxylic acids is 1. The van der Waals surface area contributed by atoms with E-state index in [2.05, 4.69) is 15.5 Å². The molecule has 1 saturated heterocycles. The molecule has 10 nitrogen and oxygen atoms in total. The zero-order valence-electron chi connectivity index (χ0n) is 22.9. The number of aliphatic hydroxyl groups is 1. The topological polar surface area (TPSA) is 132 Å². The Hall–Kier alpha value is -4.37. The van der Waals surface area contributed by atoms with Crippen molar-refractivity contribution in [2.75, 3.05) is 26.3 Å². The number of hydrogen-bond donors (Lipinski definition) is 2. The fourth-order valence-corrected chi connectivity index (χ4v) is 5.26. The molecule has 5 rings (SSSR count). The first-order valence-corrected chi connectivity index (χ1v) is 14.0. The number of amides is 1. The largest absolute Gasteiger partial charge is 0.494 e. The third kappa shape index (κ3) is 6.52. The molecule has 0 saturated carbocycles. The third-order valence-electron chi connectivity index (χ3n) is 7.33. The fourth-order valence-electron chi connectivity index (χ4n) is 5.26. The van der Waals surface area contributed by atoms with Crippen LogP contribution in [-0.2, 0) is 16.0 Å². The Kier molecular flexibility index (Phi) is 9.15. The molecule has 10 heteroatoms. The molecule has 0 aromatic heterocycles. The number of nitrogens with zero attached hydrogens (tertiary/aromatic N) is 5. The Morgan fingerprint density at radius 3 is 2.54 bits per heavy atom. The van der Waals surface area contributed by atoms with Crippen LogP contribution in [0.3, 0.4) is 0 Å². The molecule has 3 aromatic carbocycles. The van der Waals surface area contributed by atoms with Crippen molar-refractivity contribution in [3.63, 3.8) is 0 Å². The number of azide groups is 1. The highest BCUT2D eigenvalue weighted by Gasteiger charge is 2.54. The first-order chi connectivity index (χ1) is 20.1. The first kappa shape index (κ1) is 28.2. The molecule has 212 valence electrons. The van der Waals surface area contributed by atoms with Gasteiger partial charge in [-0.1, -0.05) is 66.1 Å². The van der Waals surface area contributed by atoms with Crippen molar-refractivity contribution < 1.29 is 19.4 Å². The Labute approximate surface area is 239 Å². The van der Waals surface area contributed by atoms with Crippen LogP contribution >= 0.6 is 0 Å². The number of hydrazine groups is 1. The lowest BCUT2D eigenvalue weighted by Gasteiger charge is -2.35. The lowest BCUT2D eigenvalue weighted by Crippen LogP contribution is -2.56. The third-order valence-corrected chi connectivity index (χ3v) is 7.33. The molecule has 3 aromatic rings. The maximum absolute atomic E-state index is 14.4. The molecule has 2 atom stereocenters. The van der Waals surface area contributed by atoms with Gasteiger partial charge in [0, 0.05) is 54.3 Å². The van der Waals surface area contributed by atoms with Gasteiger partial charge in [0.25, 0.3) is 5.91 Å². The van der Waals surface area contributed by atoms with Gasteiger partial charge >= 0.3 is 0 Å². The van der Waals surface area contributed by atoms with Crippen molar-refractivity contribution in [1.29, 1.82) is 0 Å².